The fourth-order valence-electron chi connectivity index (χ4n) is 3.55. The molecule has 0 unspecified atom stereocenters. The molecule has 0 aromatic heterocycles. The Morgan fingerprint density at radius 1 is 1.12 bits per heavy atom. The van der Waals surface area contributed by atoms with Crippen LogP contribution in [0.4, 0.5) is 10.1 Å². The van der Waals surface area contributed by atoms with Crippen molar-refractivity contribution in [1.82, 2.24) is 4.31 Å². The zero-order valence-electron chi connectivity index (χ0n) is 19.0. The first-order valence-electron chi connectivity index (χ1n) is 10.6. The van der Waals surface area contributed by atoms with Crippen LogP contribution in [0, 0.1) is 19.7 Å². The van der Waals surface area contributed by atoms with E-state index >= 15 is 0 Å². The molecular weight excluding hydrogens is 543 g/mol. The van der Waals surface area contributed by atoms with Gasteiger partial charge >= 0.3 is 0 Å². The molecule has 0 heterocycles. The minimum absolute atomic E-state index is 0.00160. The first-order valence-corrected chi connectivity index (χ1v) is 13.2. The maximum absolute atomic E-state index is 14.5. The summed E-state index contributed by atoms with van der Waals surface area (Å²) in [5.41, 5.74) is 3.27. The fraction of sp³-hybridized carbons (Fsp3) is 0.240. The Morgan fingerprint density at radius 2 is 1.79 bits per heavy atom. The van der Waals surface area contributed by atoms with E-state index in [-0.39, 0.29) is 15.5 Å². The van der Waals surface area contributed by atoms with Crippen molar-refractivity contribution in [1.29, 1.82) is 0 Å². The number of anilines is 1. The molecule has 0 aliphatic carbocycles. The maximum Gasteiger partial charge on any atom is 0.243 e. The number of carbonyl (C=O) groups excluding carboxylic acids is 1. The number of hydrogen-bond acceptors (Lipinski definition) is 3. The second kappa shape index (κ2) is 11.0. The summed E-state index contributed by atoms with van der Waals surface area (Å²) in [6, 6.07) is 14.2. The molecule has 1 N–H and O–H groups in total. The highest BCUT2D eigenvalue weighted by atomic mass is 79.9. The summed E-state index contributed by atoms with van der Waals surface area (Å²) in [5, 5.41) is 2.93. The van der Waals surface area contributed by atoms with Gasteiger partial charge in [-0.2, -0.15) is 4.31 Å². The average molecular weight is 568 g/mol. The standard InChI is InChI=1S/C25H25BrClFN2O3S/c1-4-18-13-19(26)12-17(3)25(18)29-24(31)15-30(14-21-22(27)6-5-7-23(21)28)34(32,33)20-10-8-16(2)9-11-20/h5-13H,4,14-15H2,1-3H3,(H,29,31). The summed E-state index contributed by atoms with van der Waals surface area (Å²) in [7, 11) is -4.13. The number of halogens is 3. The number of amides is 1. The van der Waals surface area contributed by atoms with Crippen molar-refractivity contribution in [2.24, 2.45) is 0 Å². The van der Waals surface area contributed by atoms with Crippen LogP contribution in [-0.2, 0) is 27.8 Å². The third kappa shape index (κ3) is 6.05. The van der Waals surface area contributed by atoms with Crippen LogP contribution in [0.2, 0.25) is 5.02 Å². The van der Waals surface area contributed by atoms with E-state index in [0.29, 0.717) is 12.1 Å². The summed E-state index contributed by atoms with van der Waals surface area (Å²) in [6.07, 6.45) is 0.673. The van der Waals surface area contributed by atoms with Gasteiger partial charge in [-0.1, -0.05) is 58.2 Å². The summed E-state index contributed by atoms with van der Waals surface area (Å²) in [4.78, 5) is 13.1. The van der Waals surface area contributed by atoms with E-state index in [0.717, 1.165) is 25.5 Å². The van der Waals surface area contributed by atoms with Gasteiger partial charge in [0.25, 0.3) is 0 Å². The number of nitrogens with one attached hydrogen (secondary N) is 1. The lowest BCUT2D eigenvalue weighted by atomic mass is 10.1. The van der Waals surface area contributed by atoms with Gasteiger partial charge in [0.1, 0.15) is 5.82 Å². The van der Waals surface area contributed by atoms with Crippen LogP contribution in [-0.4, -0.2) is 25.2 Å². The average Bonchev–Trinajstić information content (AvgIpc) is 2.77. The second-order valence-corrected chi connectivity index (χ2v) is 11.2. The third-order valence-electron chi connectivity index (χ3n) is 5.40. The van der Waals surface area contributed by atoms with E-state index in [1.165, 1.54) is 30.3 Å². The molecule has 0 bridgehead atoms. The van der Waals surface area contributed by atoms with Crippen molar-refractivity contribution in [2.75, 3.05) is 11.9 Å². The van der Waals surface area contributed by atoms with Crippen molar-refractivity contribution in [3.05, 3.63) is 92.2 Å². The number of rotatable bonds is 8. The fourth-order valence-corrected chi connectivity index (χ4v) is 5.76. The van der Waals surface area contributed by atoms with Crippen LogP contribution < -0.4 is 5.32 Å². The Kier molecular flexibility index (Phi) is 8.52. The SMILES string of the molecule is CCc1cc(Br)cc(C)c1NC(=O)CN(Cc1c(F)cccc1Cl)S(=O)(=O)c1ccc(C)cc1. The molecule has 5 nitrogen and oxygen atoms in total. The Balaban J connectivity index is 1.97. The number of carbonyl (C=O) groups is 1. The predicted molar refractivity (Wildman–Crippen MR) is 137 cm³/mol. The predicted octanol–water partition coefficient (Wildman–Crippen LogP) is 6.25. The molecule has 0 aliphatic rings. The van der Waals surface area contributed by atoms with Crippen molar-refractivity contribution in [3.8, 4) is 0 Å². The van der Waals surface area contributed by atoms with Crippen molar-refractivity contribution in [2.45, 2.75) is 38.6 Å². The maximum atomic E-state index is 14.5. The molecule has 1 amide bonds. The van der Waals surface area contributed by atoms with Gasteiger partial charge < -0.3 is 5.32 Å². The molecule has 180 valence electrons. The summed E-state index contributed by atoms with van der Waals surface area (Å²) < 4.78 is 43.3. The van der Waals surface area contributed by atoms with Gasteiger partial charge in [0.15, 0.2) is 0 Å². The lowest BCUT2D eigenvalue weighted by molar-refractivity contribution is -0.116. The van der Waals surface area contributed by atoms with Crippen molar-refractivity contribution >= 4 is 49.1 Å². The molecule has 0 spiro atoms. The largest absolute Gasteiger partial charge is 0.324 e. The molecule has 0 saturated carbocycles. The van der Waals surface area contributed by atoms with Crippen LogP contribution >= 0.6 is 27.5 Å². The zero-order valence-corrected chi connectivity index (χ0v) is 22.2. The molecule has 3 aromatic carbocycles. The molecule has 0 fully saturated rings. The van der Waals surface area contributed by atoms with Gasteiger partial charge in [-0.3, -0.25) is 4.79 Å². The Bertz CT molecular complexity index is 1290. The molecule has 0 radical (unpaired) electrons. The van der Waals surface area contributed by atoms with E-state index in [4.69, 9.17) is 11.6 Å². The summed E-state index contributed by atoms with van der Waals surface area (Å²) in [6.45, 7) is 4.76. The number of aryl methyl sites for hydroxylation is 3. The summed E-state index contributed by atoms with van der Waals surface area (Å²) in [5.74, 6) is -1.18. The van der Waals surface area contributed by atoms with Crippen molar-refractivity contribution in [3.63, 3.8) is 0 Å². The van der Waals surface area contributed by atoms with Gasteiger partial charge in [0, 0.05) is 27.3 Å². The molecule has 3 rings (SSSR count). The Hall–Kier alpha value is -2.26. The van der Waals surface area contributed by atoms with Gasteiger partial charge in [-0.25, -0.2) is 12.8 Å². The van der Waals surface area contributed by atoms with E-state index in [9.17, 15) is 17.6 Å². The monoisotopic (exact) mass is 566 g/mol. The second-order valence-electron chi connectivity index (χ2n) is 7.94. The molecule has 0 atom stereocenters. The third-order valence-corrected chi connectivity index (χ3v) is 8.02. The van der Waals surface area contributed by atoms with Gasteiger partial charge in [0.2, 0.25) is 15.9 Å². The number of sulfonamides is 1. The molecule has 9 heteroatoms. The van der Waals surface area contributed by atoms with E-state index < -0.39 is 34.8 Å². The van der Waals surface area contributed by atoms with Crippen molar-refractivity contribution < 1.29 is 17.6 Å². The summed E-state index contributed by atoms with van der Waals surface area (Å²) >= 11 is 9.62. The molecule has 3 aromatic rings. The van der Waals surface area contributed by atoms with Gasteiger partial charge in [-0.15, -0.1) is 0 Å². The Morgan fingerprint density at radius 3 is 2.41 bits per heavy atom. The van der Waals surface area contributed by atoms with Crippen LogP contribution in [0.25, 0.3) is 0 Å². The normalized spacial score (nSPS) is 11.6. The van der Waals surface area contributed by atoms with Crippen LogP contribution in [0.5, 0.6) is 0 Å². The van der Waals surface area contributed by atoms with Gasteiger partial charge in [-0.05, 0) is 67.8 Å². The number of nitrogens with zero attached hydrogens (tertiary/aromatic N) is 1. The van der Waals surface area contributed by atoms with E-state index in [2.05, 4.69) is 21.2 Å². The van der Waals surface area contributed by atoms with E-state index in [1.54, 1.807) is 12.1 Å². The van der Waals surface area contributed by atoms with E-state index in [1.807, 2.05) is 32.9 Å². The van der Waals surface area contributed by atoms with Crippen LogP contribution in [0.15, 0.2) is 64.0 Å². The molecule has 0 saturated heterocycles. The molecule has 0 aliphatic heterocycles. The first kappa shape index (κ1) is 26.3. The highest BCUT2D eigenvalue weighted by molar-refractivity contribution is 9.10. The molecular formula is C25H25BrClFN2O3S. The lowest BCUT2D eigenvalue weighted by Gasteiger charge is -2.23. The highest BCUT2D eigenvalue weighted by Crippen LogP contribution is 2.28. The first-order chi connectivity index (χ1) is 16.0. The minimum Gasteiger partial charge on any atom is -0.324 e. The van der Waals surface area contributed by atoms with Crippen LogP contribution in [0.1, 0.15) is 29.2 Å². The smallest absolute Gasteiger partial charge is 0.243 e. The number of hydrogen-bond donors (Lipinski definition) is 1. The lowest BCUT2D eigenvalue weighted by Crippen LogP contribution is -2.38. The van der Waals surface area contributed by atoms with Crippen LogP contribution in [0.3, 0.4) is 0 Å². The minimum atomic E-state index is -4.13. The topological polar surface area (TPSA) is 66.5 Å². The number of benzene rings is 3. The highest BCUT2D eigenvalue weighted by Gasteiger charge is 2.29. The zero-order chi connectivity index (χ0) is 25.0. The Labute approximate surface area is 213 Å². The molecule has 34 heavy (non-hydrogen) atoms. The quantitative estimate of drug-likeness (QED) is 0.350. The van der Waals surface area contributed by atoms with Gasteiger partial charge in [0.05, 0.1) is 11.4 Å².